The summed E-state index contributed by atoms with van der Waals surface area (Å²) in [5, 5.41) is 9.05. The summed E-state index contributed by atoms with van der Waals surface area (Å²) >= 11 is 1.02. The van der Waals surface area contributed by atoms with Crippen LogP contribution in [0.2, 0.25) is 0 Å². The van der Waals surface area contributed by atoms with Gasteiger partial charge in [-0.05, 0) is 12.8 Å². The molecule has 0 saturated heterocycles. The van der Waals surface area contributed by atoms with Crippen molar-refractivity contribution in [1.29, 1.82) is 0 Å². The zero-order valence-corrected chi connectivity index (χ0v) is 7.27. The Morgan fingerprint density at radius 2 is 2.00 bits per heavy atom. The van der Waals surface area contributed by atoms with Crippen LogP contribution < -0.4 is 0 Å². The predicted molar refractivity (Wildman–Crippen MR) is 46.3 cm³/mol. The molecule has 64 valence electrons. The Balaban J connectivity index is 2.49. The maximum Gasteiger partial charge on any atom is 0.0642 e. The van der Waals surface area contributed by atoms with Crippen molar-refractivity contribution in [2.45, 2.75) is 36.9 Å². The first-order valence-electron chi connectivity index (χ1n) is 3.95. The van der Waals surface area contributed by atoms with E-state index in [4.69, 9.17) is 5.11 Å². The standard InChI is InChI=1S/C7H13NO2S/c9-6-7(11-8-10)4-2-1-3-5-7/h9H,1-6H2. The lowest BCUT2D eigenvalue weighted by Gasteiger charge is -2.31. The van der Waals surface area contributed by atoms with Gasteiger partial charge >= 0.3 is 0 Å². The molecular formula is C7H13NO2S. The van der Waals surface area contributed by atoms with Gasteiger partial charge in [0.15, 0.2) is 0 Å². The Morgan fingerprint density at radius 3 is 2.45 bits per heavy atom. The van der Waals surface area contributed by atoms with Crippen LogP contribution in [-0.2, 0) is 0 Å². The normalized spacial score (nSPS) is 23.0. The van der Waals surface area contributed by atoms with Gasteiger partial charge in [-0.2, -0.15) is 0 Å². The molecule has 0 radical (unpaired) electrons. The summed E-state index contributed by atoms with van der Waals surface area (Å²) in [7, 11) is 0. The number of hydrogen-bond donors (Lipinski definition) is 1. The average Bonchev–Trinajstić information content (AvgIpc) is 2.07. The molecule has 0 unspecified atom stereocenters. The smallest absolute Gasteiger partial charge is 0.0642 e. The van der Waals surface area contributed by atoms with Crippen LogP contribution >= 0.6 is 11.9 Å². The Morgan fingerprint density at radius 1 is 1.36 bits per heavy atom. The van der Waals surface area contributed by atoms with Gasteiger partial charge in [0, 0.05) is 16.5 Å². The molecule has 1 N–H and O–H groups in total. The fourth-order valence-electron chi connectivity index (χ4n) is 1.55. The monoisotopic (exact) mass is 175 g/mol. The number of aliphatic hydroxyl groups excluding tert-OH is 1. The second kappa shape index (κ2) is 4.07. The minimum Gasteiger partial charge on any atom is -0.395 e. The first kappa shape index (κ1) is 9.00. The van der Waals surface area contributed by atoms with Crippen LogP contribution in [0, 0.1) is 4.91 Å². The lowest BCUT2D eigenvalue weighted by atomic mass is 9.89. The van der Waals surface area contributed by atoms with Crippen molar-refractivity contribution < 1.29 is 5.11 Å². The van der Waals surface area contributed by atoms with E-state index in [1.807, 2.05) is 0 Å². The molecule has 1 aliphatic rings. The van der Waals surface area contributed by atoms with E-state index in [1.165, 1.54) is 6.42 Å². The highest BCUT2D eigenvalue weighted by molar-refractivity contribution is 7.99. The zero-order valence-electron chi connectivity index (χ0n) is 6.45. The molecule has 1 fully saturated rings. The van der Waals surface area contributed by atoms with Gasteiger partial charge in [0.25, 0.3) is 0 Å². The first-order chi connectivity index (χ1) is 5.33. The summed E-state index contributed by atoms with van der Waals surface area (Å²) < 4.78 is 2.57. The molecule has 0 atom stereocenters. The maximum atomic E-state index is 10.0. The summed E-state index contributed by atoms with van der Waals surface area (Å²) in [5.41, 5.74) is 0. The van der Waals surface area contributed by atoms with Crippen LogP contribution in [0.1, 0.15) is 32.1 Å². The van der Waals surface area contributed by atoms with Crippen molar-refractivity contribution in [2.24, 2.45) is 4.58 Å². The number of rotatable bonds is 3. The van der Waals surface area contributed by atoms with E-state index in [-0.39, 0.29) is 11.4 Å². The van der Waals surface area contributed by atoms with E-state index in [0.717, 1.165) is 37.6 Å². The summed E-state index contributed by atoms with van der Waals surface area (Å²) in [5.74, 6) is 0. The Kier molecular flexibility index (Phi) is 3.33. The Bertz CT molecular complexity index is 134. The molecule has 0 spiro atoms. The summed E-state index contributed by atoms with van der Waals surface area (Å²) in [4.78, 5) is 10.0. The van der Waals surface area contributed by atoms with Crippen LogP contribution in [0.5, 0.6) is 0 Å². The van der Waals surface area contributed by atoms with Crippen LogP contribution in [0.4, 0.5) is 0 Å². The first-order valence-corrected chi connectivity index (χ1v) is 4.72. The topological polar surface area (TPSA) is 49.7 Å². The highest BCUT2D eigenvalue weighted by atomic mass is 32.2. The SMILES string of the molecule is O=NSC1(CO)CCCCC1. The van der Waals surface area contributed by atoms with E-state index in [9.17, 15) is 4.91 Å². The quantitative estimate of drug-likeness (QED) is 0.528. The molecule has 0 aliphatic heterocycles. The van der Waals surface area contributed by atoms with Crippen LogP contribution in [0.25, 0.3) is 0 Å². The van der Waals surface area contributed by atoms with Gasteiger partial charge in [-0.25, -0.2) is 0 Å². The van der Waals surface area contributed by atoms with Gasteiger partial charge in [-0.3, -0.25) is 0 Å². The van der Waals surface area contributed by atoms with Crippen LogP contribution in [0.15, 0.2) is 4.58 Å². The Hall–Kier alpha value is -0.0900. The van der Waals surface area contributed by atoms with E-state index in [2.05, 4.69) is 4.58 Å². The molecule has 0 heterocycles. The van der Waals surface area contributed by atoms with Crippen molar-refractivity contribution in [2.75, 3.05) is 6.61 Å². The van der Waals surface area contributed by atoms with E-state index in [1.54, 1.807) is 0 Å². The minimum absolute atomic E-state index is 0.0867. The van der Waals surface area contributed by atoms with Crippen molar-refractivity contribution >= 4 is 11.9 Å². The van der Waals surface area contributed by atoms with Gasteiger partial charge in [-0.1, -0.05) is 19.3 Å². The number of hydrogen-bond acceptors (Lipinski definition) is 4. The third kappa shape index (κ3) is 2.17. The lowest BCUT2D eigenvalue weighted by Crippen LogP contribution is -2.31. The fraction of sp³-hybridized carbons (Fsp3) is 1.00. The van der Waals surface area contributed by atoms with Gasteiger partial charge < -0.3 is 5.11 Å². The summed E-state index contributed by atoms with van der Waals surface area (Å²) in [6.07, 6.45) is 5.31. The molecule has 0 aromatic rings. The maximum absolute atomic E-state index is 10.0. The van der Waals surface area contributed by atoms with E-state index >= 15 is 0 Å². The molecule has 3 nitrogen and oxygen atoms in total. The average molecular weight is 175 g/mol. The van der Waals surface area contributed by atoms with E-state index in [0.29, 0.717) is 0 Å². The second-order valence-corrected chi connectivity index (χ2v) is 4.27. The molecule has 11 heavy (non-hydrogen) atoms. The van der Waals surface area contributed by atoms with Crippen LogP contribution in [-0.4, -0.2) is 16.5 Å². The molecule has 0 aromatic carbocycles. The molecule has 0 amide bonds. The second-order valence-electron chi connectivity index (χ2n) is 3.07. The largest absolute Gasteiger partial charge is 0.395 e. The highest BCUT2D eigenvalue weighted by Crippen LogP contribution is 2.39. The molecule has 4 heteroatoms. The van der Waals surface area contributed by atoms with Gasteiger partial charge in [0.05, 0.1) is 11.4 Å². The van der Waals surface area contributed by atoms with Crippen LogP contribution in [0.3, 0.4) is 0 Å². The minimum atomic E-state index is -0.236. The number of nitroso groups, excluding NO2 is 1. The van der Waals surface area contributed by atoms with Crippen molar-refractivity contribution in [1.82, 2.24) is 0 Å². The predicted octanol–water partition coefficient (Wildman–Crippen LogP) is 2.10. The third-order valence-corrected chi connectivity index (χ3v) is 3.28. The zero-order chi connectivity index (χ0) is 8.16. The highest BCUT2D eigenvalue weighted by Gasteiger charge is 2.33. The van der Waals surface area contributed by atoms with Gasteiger partial charge in [-0.15, -0.1) is 4.91 Å². The molecule has 1 saturated carbocycles. The van der Waals surface area contributed by atoms with E-state index < -0.39 is 0 Å². The van der Waals surface area contributed by atoms with Crippen molar-refractivity contribution in [3.05, 3.63) is 4.91 Å². The van der Waals surface area contributed by atoms with Crippen molar-refractivity contribution in [3.63, 3.8) is 0 Å². The number of nitrogens with zero attached hydrogens (tertiary/aromatic N) is 1. The fourth-order valence-corrected chi connectivity index (χ4v) is 2.24. The molecule has 1 aliphatic carbocycles. The van der Waals surface area contributed by atoms with Gasteiger partial charge in [0.1, 0.15) is 0 Å². The summed E-state index contributed by atoms with van der Waals surface area (Å²) in [6.45, 7) is 0.0867. The lowest BCUT2D eigenvalue weighted by molar-refractivity contribution is 0.214. The summed E-state index contributed by atoms with van der Waals surface area (Å²) in [6, 6.07) is 0. The van der Waals surface area contributed by atoms with Gasteiger partial charge in [0.2, 0.25) is 0 Å². The number of aliphatic hydroxyl groups is 1. The molecule has 0 aromatic heterocycles. The third-order valence-electron chi connectivity index (χ3n) is 2.28. The molecule has 1 rings (SSSR count). The Labute approximate surface area is 70.7 Å². The molecular weight excluding hydrogens is 162 g/mol. The van der Waals surface area contributed by atoms with Crippen molar-refractivity contribution in [3.8, 4) is 0 Å². The molecule has 0 bridgehead atoms.